The van der Waals surface area contributed by atoms with E-state index in [1.807, 2.05) is 0 Å². The van der Waals surface area contributed by atoms with Gasteiger partial charge in [0.15, 0.2) is 0 Å². The zero-order chi connectivity index (χ0) is 4.28. The zero-order valence-corrected chi connectivity index (χ0v) is 6.78. The summed E-state index contributed by atoms with van der Waals surface area (Å²) in [6.45, 7) is 6.64. The minimum atomic E-state index is 0. The molecule has 0 heterocycles. The molecule has 0 aliphatic rings. The van der Waals surface area contributed by atoms with Crippen LogP contribution < -0.4 is 0 Å². The third-order valence-electron chi connectivity index (χ3n) is 0.816. The van der Waals surface area contributed by atoms with E-state index >= 15 is 0 Å². The average Bonchev–Trinajstić information content (AvgIpc) is 1.38. The minimum Gasteiger partial charge on any atom is -0.0651 e. The average molecular weight is 331 g/mol. The Hall–Kier alpha value is -1.00. The molecule has 0 saturated heterocycles. The summed E-state index contributed by atoms with van der Waals surface area (Å²) in [5, 5.41) is 0. The van der Waals surface area contributed by atoms with Gasteiger partial charge in [0.1, 0.15) is 0 Å². The maximum Gasteiger partial charge on any atom is 0 e. The first-order valence-electron chi connectivity index (χ1n) is 2.27. The largest absolute Gasteiger partial charge is 0.0651 e. The molecule has 6 heavy (non-hydrogen) atoms. The second-order valence-corrected chi connectivity index (χ2v) is 1.80. The summed E-state index contributed by atoms with van der Waals surface area (Å²) in [5.74, 6) is 0.884. The van der Waals surface area contributed by atoms with E-state index in [0.717, 1.165) is 5.92 Å². The molecular weight excluding hydrogens is 319 g/mol. The molecule has 0 unspecified atom stereocenters. The fraction of sp³-hybridized carbons (Fsp3) is 1.00. The molecule has 0 aliphatic carbocycles. The molecule has 0 rings (SSSR count). The van der Waals surface area contributed by atoms with Crippen LogP contribution in [0.25, 0.3) is 0 Å². The van der Waals surface area contributed by atoms with Crippen LogP contribution in [0.1, 0.15) is 27.2 Å². The van der Waals surface area contributed by atoms with Crippen LogP contribution >= 0.6 is 0 Å². The summed E-state index contributed by atoms with van der Waals surface area (Å²) in [6.07, 6.45) is 1.31. The van der Waals surface area contributed by atoms with Crippen molar-refractivity contribution in [3.8, 4) is 0 Å². The van der Waals surface area contributed by atoms with Crippen molar-refractivity contribution in [2.75, 3.05) is 0 Å². The van der Waals surface area contributed by atoms with Crippen molar-refractivity contribution in [1.29, 1.82) is 0 Å². The van der Waals surface area contributed by atoms with Gasteiger partial charge in [0.25, 0.3) is 0 Å². The normalized spacial score (nSPS) is 8.00. The topological polar surface area (TPSA) is 0 Å². The van der Waals surface area contributed by atoms with Crippen molar-refractivity contribution in [3.63, 3.8) is 0 Å². The molecule has 0 atom stereocenters. The summed E-state index contributed by atoms with van der Waals surface area (Å²) in [5.41, 5.74) is 0. The molecule has 0 saturated carbocycles. The molecule has 0 N–H and O–H groups in total. The smallest absolute Gasteiger partial charge is 0 e. The van der Waals surface area contributed by atoms with Crippen LogP contribution in [0, 0.1) is 5.92 Å². The van der Waals surface area contributed by atoms with Crippen molar-refractivity contribution in [1.82, 2.24) is 0 Å². The Balaban J connectivity index is 0. The van der Waals surface area contributed by atoms with Gasteiger partial charge in [-0.15, -0.1) is 0 Å². The number of hydrogen-bond donors (Lipinski definition) is 0. The van der Waals surface area contributed by atoms with E-state index < -0.39 is 0 Å². The number of hydrogen-bond acceptors (Lipinski definition) is 0. The molecule has 0 spiro atoms. The summed E-state index contributed by atoms with van der Waals surface area (Å²) in [4.78, 5) is 0. The van der Waals surface area contributed by atoms with E-state index in [2.05, 4.69) is 20.8 Å². The van der Waals surface area contributed by atoms with Crippen LogP contribution in [0.3, 0.4) is 0 Å². The van der Waals surface area contributed by atoms with Gasteiger partial charge < -0.3 is 0 Å². The Kier molecular flexibility index (Phi) is 5.93. The molecule has 0 fully saturated rings. The second-order valence-electron chi connectivity index (χ2n) is 1.80. The third kappa shape index (κ3) is 12.0. The maximum atomic E-state index is 2.22. The Labute approximate surface area is 34.2 Å². The van der Waals surface area contributed by atoms with Crippen LogP contribution in [0.2, 0.25) is 0 Å². The first-order valence-corrected chi connectivity index (χ1v) is 2.27. The van der Waals surface area contributed by atoms with Crippen molar-refractivity contribution in [3.05, 3.63) is 0 Å². The molecule has 0 aromatic heterocycles. The van der Waals surface area contributed by atoms with E-state index in [1.54, 1.807) is 0 Å². The fourth-order valence-corrected chi connectivity index (χ4v) is 0. The molecular formula is C5H12No. The summed E-state index contributed by atoms with van der Waals surface area (Å²) in [7, 11) is 0. The SMILES string of the molecule is CCC(C)C.[No]. The van der Waals surface area contributed by atoms with Crippen molar-refractivity contribution >= 4 is 0 Å². The molecule has 0 radical (unpaired) electrons. The van der Waals surface area contributed by atoms with Gasteiger partial charge in [0.05, 0.1) is 0 Å². The number of rotatable bonds is 1. The summed E-state index contributed by atoms with van der Waals surface area (Å²) >= 11 is 0. The molecule has 0 amide bonds. The Morgan fingerprint density at radius 3 is 1.50 bits per heavy atom. The molecule has 0 aromatic carbocycles. The van der Waals surface area contributed by atoms with Gasteiger partial charge in [0, 0.05) is 0 Å². The van der Waals surface area contributed by atoms with Gasteiger partial charge in [-0.2, -0.15) is 0 Å². The van der Waals surface area contributed by atoms with Crippen molar-refractivity contribution < 1.29 is 0 Å². The Bertz CT molecular complexity index is 17.9. The molecule has 0 aliphatic heterocycles. The maximum absolute atomic E-state index is 2.22. The van der Waals surface area contributed by atoms with E-state index in [-0.39, 0.29) is 0 Å². The predicted octanol–water partition coefficient (Wildman–Crippen LogP) is 2.05. The summed E-state index contributed by atoms with van der Waals surface area (Å²) in [6, 6.07) is 0. The Morgan fingerprint density at radius 1 is 1.33 bits per heavy atom. The van der Waals surface area contributed by atoms with Gasteiger partial charge in [-0.25, -0.2) is 0 Å². The predicted molar refractivity (Wildman–Crippen MR) is 25.1 cm³/mol. The van der Waals surface area contributed by atoms with Crippen molar-refractivity contribution in [2.45, 2.75) is 27.2 Å². The van der Waals surface area contributed by atoms with Gasteiger partial charge in [-0.3, -0.25) is 0 Å². The van der Waals surface area contributed by atoms with Crippen LogP contribution in [0.4, 0.5) is 0 Å². The standard InChI is InChI=1S/C5H12.No/c1-4-5(2)3;/h5H,4H2,1-3H3;. The molecule has 0 aromatic rings. The van der Waals surface area contributed by atoms with Gasteiger partial charge in [-0.05, 0) is 5.92 Å². The quantitative estimate of drug-likeness (QED) is 0.690. The molecule has 0 bridgehead atoms. The second kappa shape index (κ2) is 4.00. The third-order valence-corrected chi connectivity index (χ3v) is 0.816. The molecule has 0 nitrogen and oxygen atoms in total. The van der Waals surface area contributed by atoms with E-state index in [1.165, 1.54) is 6.42 Å². The van der Waals surface area contributed by atoms with E-state index in [9.17, 15) is 0 Å². The first-order chi connectivity index (χ1) is 2.27. The fourth-order valence-electron chi connectivity index (χ4n) is 0. The molecule has 1 heteroatoms. The van der Waals surface area contributed by atoms with Gasteiger partial charge in [-0.1, -0.05) is 27.2 Å². The first kappa shape index (κ1) is 8.89. The van der Waals surface area contributed by atoms with E-state index in [0.29, 0.717) is 0 Å². The monoisotopic (exact) mass is 331 g/mol. The Morgan fingerprint density at radius 2 is 1.50 bits per heavy atom. The molecule has 46 valence electrons. The van der Waals surface area contributed by atoms with Crippen LogP contribution in [-0.4, -0.2) is 0 Å². The van der Waals surface area contributed by atoms with Gasteiger partial charge in [0.2, 0.25) is 0 Å². The minimum absolute atomic E-state index is 0. The summed E-state index contributed by atoms with van der Waals surface area (Å²) < 4.78 is 0. The zero-order valence-electron chi connectivity index (χ0n) is 4.55. The van der Waals surface area contributed by atoms with Crippen molar-refractivity contribution in [2.24, 2.45) is 5.92 Å². The van der Waals surface area contributed by atoms with Crippen LogP contribution in [0.15, 0.2) is 0 Å². The van der Waals surface area contributed by atoms with Crippen LogP contribution in [-0.2, 0) is 0 Å². The van der Waals surface area contributed by atoms with Crippen LogP contribution in [0.5, 0.6) is 0 Å². The van der Waals surface area contributed by atoms with Gasteiger partial charge >= 0.3 is 0 Å². The van der Waals surface area contributed by atoms with E-state index in [4.69, 9.17) is 0 Å².